The number of carbonyl (C=O) groups excluding carboxylic acids is 1. The van der Waals surface area contributed by atoms with E-state index in [1.165, 1.54) is 13.5 Å². The highest BCUT2D eigenvalue weighted by Gasteiger charge is 2.34. The molecule has 12 heteroatoms. The third-order valence-electron chi connectivity index (χ3n) is 5.76. The molecule has 3 aliphatic rings. The molecule has 1 aromatic heterocycles. The molecule has 0 amide bonds. The minimum Gasteiger partial charge on any atom is -0.471 e. The Morgan fingerprint density at radius 3 is 2.17 bits per heavy atom. The molecule has 0 bridgehead atoms. The minimum atomic E-state index is -1.04. The third kappa shape index (κ3) is 9.39. The van der Waals surface area contributed by atoms with Gasteiger partial charge in [-0.25, -0.2) is 14.3 Å². The summed E-state index contributed by atoms with van der Waals surface area (Å²) in [5.41, 5.74) is 3.42. The largest absolute Gasteiger partial charge is 0.471 e. The molecule has 0 aliphatic carbocycles. The first-order valence-corrected chi connectivity index (χ1v) is 15.5. The van der Waals surface area contributed by atoms with Crippen LogP contribution in [0.3, 0.4) is 0 Å². The fourth-order valence-corrected chi connectivity index (χ4v) is 6.28. The van der Waals surface area contributed by atoms with Gasteiger partial charge in [0.25, 0.3) is 6.47 Å². The van der Waals surface area contributed by atoms with Crippen LogP contribution in [-0.4, -0.2) is 98.2 Å². The van der Waals surface area contributed by atoms with Crippen molar-refractivity contribution in [1.82, 2.24) is 14.3 Å². The molecule has 1 atom stereocenters. The Bertz CT molecular complexity index is 1090. The number of ether oxygens (including phenoxy) is 3. The summed E-state index contributed by atoms with van der Waals surface area (Å²) in [6.45, 7) is 12.9. The highest BCUT2D eigenvalue weighted by molar-refractivity contribution is 9.10. The molecule has 0 unspecified atom stereocenters. The molecule has 2 aromatic rings. The molecule has 40 heavy (non-hydrogen) atoms. The molecule has 5 rings (SSSR count). The number of halogens is 1. The number of carbonyl (C=O) groups is 1. The lowest BCUT2D eigenvalue weighted by Crippen LogP contribution is -2.42. The van der Waals surface area contributed by atoms with Gasteiger partial charge in [0.2, 0.25) is 14.3 Å². The number of morpholine rings is 2. The summed E-state index contributed by atoms with van der Waals surface area (Å²) in [5, 5.41) is 0. The first-order chi connectivity index (χ1) is 19.5. The van der Waals surface area contributed by atoms with Gasteiger partial charge in [-0.1, -0.05) is 42.3 Å². The van der Waals surface area contributed by atoms with Gasteiger partial charge in [0, 0.05) is 42.4 Å². The molecular formula is C28H39BrN5O5P. The molecule has 10 nitrogen and oxygen atoms in total. The number of pyridine rings is 1. The zero-order valence-electron chi connectivity index (χ0n) is 23.7. The molecule has 2 fully saturated rings. The molecule has 0 radical (unpaired) electrons. The lowest BCUT2D eigenvalue weighted by molar-refractivity contribution is -0.126. The number of hydrogen-bond acceptors (Lipinski definition) is 10. The van der Waals surface area contributed by atoms with Gasteiger partial charge in [0.05, 0.1) is 50.6 Å². The smallest absolute Gasteiger partial charge is 0.292 e. The van der Waals surface area contributed by atoms with E-state index in [-0.39, 0.29) is 6.04 Å². The fraction of sp³-hybridized carbons (Fsp3) is 0.500. The highest BCUT2D eigenvalue weighted by atomic mass is 79.9. The topological polar surface area (TPSA) is 98.1 Å². The number of hydrogen-bond donors (Lipinski definition) is 0. The van der Waals surface area contributed by atoms with Crippen molar-refractivity contribution in [2.45, 2.75) is 33.2 Å². The predicted octanol–water partition coefficient (Wildman–Crippen LogP) is 5.23. The van der Waals surface area contributed by atoms with Crippen molar-refractivity contribution in [2.75, 3.05) is 59.7 Å². The summed E-state index contributed by atoms with van der Waals surface area (Å²) in [6, 6.07) is 11.7. The summed E-state index contributed by atoms with van der Waals surface area (Å²) in [5.74, 6) is 0.633. The van der Waals surface area contributed by atoms with Crippen LogP contribution < -0.4 is 0 Å². The zero-order chi connectivity index (χ0) is 28.7. The summed E-state index contributed by atoms with van der Waals surface area (Å²) in [6.07, 6.45) is 3.04. The number of rotatable bonds is 5. The molecule has 4 heterocycles. The average molecular weight is 637 g/mol. The van der Waals surface area contributed by atoms with Crippen molar-refractivity contribution in [3.63, 3.8) is 0 Å². The van der Waals surface area contributed by atoms with Crippen LogP contribution in [0.4, 0.5) is 5.69 Å². The average Bonchev–Trinajstić information content (AvgIpc) is 3.13. The molecule has 0 saturated carbocycles. The maximum absolute atomic E-state index is 8.95. The SMILES string of the molecule is CCC.COC=O.C[C@@H]1N=C(c2ccccn2)c2cc(Br)ccc2N=C1OP(N1CCOCC1)N1CCOCC1. The quantitative estimate of drug-likeness (QED) is 0.326. The van der Waals surface area contributed by atoms with E-state index in [2.05, 4.69) is 54.9 Å². The van der Waals surface area contributed by atoms with Gasteiger partial charge in [-0.2, -0.15) is 0 Å². The number of aromatic nitrogens is 1. The Kier molecular flexibility index (Phi) is 14.1. The number of benzene rings is 1. The second-order valence-corrected chi connectivity index (χ2v) is 11.7. The van der Waals surface area contributed by atoms with Crippen LogP contribution in [0.2, 0.25) is 0 Å². The number of nitrogens with zero attached hydrogens (tertiary/aromatic N) is 5. The first-order valence-electron chi connectivity index (χ1n) is 13.5. The fourth-order valence-electron chi connectivity index (χ4n) is 3.96. The van der Waals surface area contributed by atoms with E-state index in [0.717, 1.165) is 53.3 Å². The van der Waals surface area contributed by atoms with Crippen molar-refractivity contribution >= 4 is 48.1 Å². The van der Waals surface area contributed by atoms with Crippen LogP contribution in [0, 0.1) is 0 Å². The highest BCUT2D eigenvalue weighted by Crippen LogP contribution is 2.47. The van der Waals surface area contributed by atoms with Crippen LogP contribution in [-0.2, 0) is 23.5 Å². The van der Waals surface area contributed by atoms with Gasteiger partial charge in [0.15, 0.2) is 0 Å². The maximum atomic E-state index is 8.95. The van der Waals surface area contributed by atoms with E-state index in [1.807, 2.05) is 37.3 Å². The summed E-state index contributed by atoms with van der Waals surface area (Å²) >= 11 is 3.60. The summed E-state index contributed by atoms with van der Waals surface area (Å²) in [4.78, 5) is 23.6. The van der Waals surface area contributed by atoms with Crippen LogP contribution in [0.15, 0.2) is 57.1 Å². The van der Waals surface area contributed by atoms with Crippen LogP contribution >= 0.6 is 24.4 Å². The first kappa shape index (κ1) is 32.2. The lowest BCUT2D eigenvalue weighted by atomic mass is 10.0. The van der Waals surface area contributed by atoms with Gasteiger partial charge in [-0.15, -0.1) is 0 Å². The van der Waals surface area contributed by atoms with Gasteiger partial charge in [-0.05, 0) is 37.3 Å². The van der Waals surface area contributed by atoms with Crippen LogP contribution in [0.5, 0.6) is 0 Å². The number of aliphatic imine (C=N–C) groups is 2. The normalized spacial score (nSPS) is 19.4. The molecular weight excluding hydrogens is 597 g/mol. The standard InChI is InChI=1S/C23H27BrN5O3P.C3H8.C2H4O2/c1-17-23(32-33(28-8-12-30-13-9-28)29-10-14-31-15-11-29)27-20-6-5-18(24)16-19(20)22(26-17)21-4-2-3-7-25-21;1-3-2;1-4-2-3/h2-7,16-17H,8-15H2,1H3;3H2,1-2H3;2H,1H3/t17-;;/m0../s1. The molecule has 2 saturated heterocycles. The van der Waals surface area contributed by atoms with Crippen molar-refractivity contribution in [3.8, 4) is 0 Å². The molecule has 0 N–H and O–H groups in total. The number of fused-ring (bicyclic) bond motifs is 1. The molecule has 0 spiro atoms. The van der Waals surface area contributed by atoms with Crippen LogP contribution in [0.25, 0.3) is 0 Å². The number of methoxy groups -OCH3 is 1. The second kappa shape index (κ2) is 17.5. The Morgan fingerprint density at radius 1 is 1.05 bits per heavy atom. The lowest BCUT2D eigenvalue weighted by Gasteiger charge is -2.40. The van der Waals surface area contributed by atoms with Gasteiger partial charge < -0.3 is 18.7 Å². The Hall–Kier alpha value is -2.27. The Balaban J connectivity index is 0.000000569. The Morgan fingerprint density at radius 2 is 1.65 bits per heavy atom. The van der Waals surface area contributed by atoms with Crippen molar-refractivity contribution in [1.29, 1.82) is 0 Å². The van der Waals surface area contributed by atoms with Crippen molar-refractivity contribution in [3.05, 3.63) is 58.3 Å². The van der Waals surface area contributed by atoms with Crippen molar-refractivity contribution in [2.24, 2.45) is 9.98 Å². The predicted molar refractivity (Wildman–Crippen MR) is 162 cm³/mol. The van der Waals surface area contributed by atoms with E-state index in [1.54, 1.807) is 6.20 Å². The molecule has 1 aromatic carbocycles. The molecule has 3 aliphatic heterocycles. The maximum Gasteiger partial charge on any atom is 0.292 e. The van der Waals surface area contributed by atoms with Crippen molar-refractivity contribution < 1.29 is 23.5 Å². The van der Waals surface area contributed by atoms with E-state index < -0.39 is 8.45 Å². The second-order valence-electron chi connectivity index (χ2n) is 9.00. The van der Waals surface area contributed by atoms with E-state index in [0.29, 0.717) is 38.8 Å². The van der Waals surface area contributed by atoms with Gasteiger partial charge in [0.1, 0.15) is 6.04 Å². The zero-order valence-corrected chi connectivity index (χ0v) is 26.1. The van der Waals surface area contributed by atoms with E-state index >= 15 is 0 Å². The monoisotopic (exact) mass is 635 g/mol. The van der Waals surface area contributed by atoms with Gasteiger partial charge in [-0.3, -0.25) is 14.8 Å². The summed E-state index contributed by atoms with van der Waals surface area (Å²) in [7, 11) is 0.272. The third-order valence-corrected chi connectivity index (χ3v) is 8.37. The van der Waals surface area contributed by atoms with Crippen LogP contribution in [0.1, 0.15) is 38.4 Å². The molecule has 218 valence electrons. The Labute approximate surface area is 246 Å². The summed E-state index contributed by atoms with van der Waals surface area (Å²) < 4.78 is 27.5. The van der Waals surface area contributed by atoms with E-state index in [9.17, 15) is 0 Å². The van der Waals surface area contributed by atoms with E-state index in [4.69, 9.17) is 28.8 Å². The van der Waals surface area contributed by atoms with Gasteiger partial charge >= 0.3 is 0 Å². The minimum absolute atomic E-state index is 0.250.